The van der Waals surface area contributed by atoms with Crippen molar-refractivity contribution >= 4 is 27.0 Å². The Morgan fingerprint density at radius 2 is 1.94 bits per heavy atom. The zero-order valence-corrected chi connectivity index (χ0v) is 11.3. The number of para-hydroxylation sites is 2. The number of imidazole rings is 1. The fraction of sp³-hybridized carbons (Fsp3) is 0.0714. The van der Waals surface area contributed by atoms with Crippen molar-refractivity contribution in [2.75, 3.05) is 0 Å². The Bertz CT molecular complexity index is 734. The minimum atomic E-state index is 0.222. The molecule has 0 aliphatic carbocycles. The largest absolute Gasteiger partial charge is 0.507 e. The molecule has 0 spiro atoms. The van der Waals surface area contributed by atoms with Crippen LogP contribution in [0.1, 0.15) is 0 Å². The molecule has 3 rings (SSSR count). The number of aromatic nitrogens is 2. The molecule has 1 heterocycles. The summed E-state index contributed by atoms with van der Waals surface area (Å²) >= 11 is 3.28. The summed E-state index contributed by atoms with van der Waals surface area (Å²) in [5.41, 5.74) is 2.93. The smallest absolute Gasteiger partial charge is 0.140 e. The maximum Gasteiger partial charge on any atom is 0.140 e. The van der Waals surface area contributed by atoms with E-state index in [0.29, 0.717) is 4.47 Å². The molecule has 0 bridgehead atoms. The molecule has 3 nitrogen and oxygen atoms in total. The Morgan fingerprint density at radius 3 is 2.67 bits per heavy atom. The fourth-order valence-electron chi connectivity index (χ4n) is 2.06. The number of hydrogen-bond donors (Lipinski definition) is 1. The summed E-state index contributed by atoms with van der Waals surface area (Å²) in [5.74, 6) is 1.07. The molecule has 0 atom stereocenters. The van der Waals surface area contributed by atoms with Crippen molar-refractivity contribution in [3.63, 3.8) is 0 Å². The highest BCUT2D eigenvalue weighted by Crippen LogP contribution is 2.30. The van der Waals surface area contributed by atoms with E-state index in [-0.39, 0.29) is 5.75 Å². The molecular weight excluding hydrogens is 292 g/mol. The summed E-state index contributed by atoms with van der Waals surface area (Å²) < 4.78 is 2.71. The molecule has 0 saturated heterocycles. The second-order valence-electron chi connectivity index (χ2n) is 4.15. The molecule has 0 saturated carbocycles. The van der Waals surface area contributed by atoms with Gasteiger partial charge in [0.1, 0.15) is 11.6 Å². The van der Waals surface area contributed by atoms with Gasteiger partial charge in [-0.1, -0.05) is 12.1 Å². The molecule has 2 aromatic carbocycles. The molecule has 0 radical (unpaired) electrons. The fourth-order valence-corrected chi connectivity index (χ4v) is 2.30. The highest BCUT2D eigenvalue weighted by atomic mass is 79.9. The monoisotopic (exact) mass is 302 g/mol. The summed E-state index contributed by atoms with van der Waals surface area (Å²) in [7, 11) is 1.98. The number of halogens is 1. The zero-order chi connectivity index (χ0) is 12.7. The summed E-state index contributed by atoms with van der Waals surface area (Å²) in [4.78, 5) is 4.59. The summed E-state index contributed by atoms with van der Waals surface area (Å²) in [5, 5.41) is 9.74. The molecule has 1 N–H and O–H groups in total. The first-order valence-corrected chi connectivity index (χ1v) is 6.36. The lowest BCUT2D eigenvalue weighted by Crippen LogP contribution is -1.92. The van der Waals surface area contributed by atoms with Gasteiger partial charge in [-0.15, -0.1) is 0 Å². The number of phenolic OH excluding ortho intramolecular Hbond substituents is 1. The van der Waals surface area contributed by atoms with Gasteiger partial charge in [-0.3, -0.25) is 0 Å². The van der Waals surface area contributed by atoms with Crippen LogP contribution in [0.3, 0.4) is 0 Å². The highest BCUT2D eigenvalue weighted by molar-refractivity contribution is 9.10. The topological polar surface area (TPSA) is 38.0 Å². The van der Waals surface area contributed by atoms with E-state index < -0.39 is 0 Å². The molecule has 18 heavy (non-hydrogen) atoms. The number of phenols is 1. The Kier molecular flexibility index (Phi) is 2.59. The van der Waals surface area contributed by atoms with Gasteiger partial charge in [0.05, 0.1) is 15.5 Å². The average molecular weight is 303 g/mol. The van der Waals surface area contributed by atoms with Crippen molar-refractivity contribution in [3.05, 3.63) is 46.9 Å². The van der Waals surface area contributed by atoms with Crippen LogP contribution in [0.2, 0.25) is 0 Å². The summed E-state index contributed by atoms with van der Waals surface area (Å²) in [6, 6.07) is 13.5. The number of fused-ring (bicyclic) bond motifs is 1. The van der Waals surface area contributed by atoms with Crippen LogP contribution in [-0.4, -0.2) is 14.7 Å². The van der Waals surface area contributed by atoms with Crippen molar-refractivity contribution in [2.24, 2.45) is 7.05 Å². The Labute approximate surface area is 113 Å². The maximum atomic E-state index is 9.74. The van der Waals surface area contributed by atoms with Gasteiger partial charge in [-0.05, 0) is 46.3 Å². The first kappa shape index (κ1) is 11.3. The zero-order valence-electron chi connectivity index (χ0n) is 9.76. The lowest BCUT2D eigenvalue weighted by molar-refractivity contribution is 0.472. The van der Waals surface area contributed by atoms with Crippen molar-refractivity contribution < 1.29 is 5.11 Å². The Morgan fingerprint density at radius 1 is 1.17 bits per heavy atom. The number of hydrogen-bond acceptors (Lipinski definition) is 2. The van der Waals surface area contributed by atoms with Gasteiger partial charge in [-0.2, -0.15) is 0 Å². The molecule has 4 heteroatoms. The standard InChI is InChI=1S/C14H11BrN2O/c1-17-12-5-3-2-4-11(12)16-14(17)9-6-7-10(15)13(18)8-9/h2-8,18H,1H3. The van der Waals surface area contributed by atoms with Crippen LogP contribution in [0.5, 0.6) is 5.75 Å². The summed E-state index contributed by atoms with van der Waals surface area (Å²) in [6.07, 6.45) is 0. The van der Waals surface area contributed by atoms with Crippen LogP contribution in [0, 0.1) is 0 Å². The first-order valence-electron chi connectivity index (χ1n) is 5.57. The van der Waals surface area contributed by atoms with Gasteiger partial charge in [0.2, 0.25) is 0 Å². The van der Waals surface area contributed by atoms with Gasteiger partial charge in [-0.25, -0.2) is 4.98 Å². The molecule has 0 aliphatic rings. The lowest BCUT2D eigenvalue weighted by Gasteiger charge is -2.04. The highest BCUT2D eigenvalue weighted by Gasteiger charge is 2.10. The van der Waals surface area contributed by atoms with E-state index in [1.54, 1.807) is 6.07 Å². The predicted octanol–water partition coefficient (Wildman–Crippen LogP) is 3.71. The van der Waals surface area contributed by atoms with E-state index in [0.717, 1.165) is 22.4 Å². The molecular formula is C14H11BrN2O. The molecule has 90 valence electrons. The second-order valence-corrected chi connectivity index (χ2v) is 5.00. The number of aromatic hydroxyl groups is 1. The number of nitrogens with zero attached hydrogens (tertiary/aromatic N) is 2. The quantitative estimate of drug-likeness (QED) is 0.744. The molecule has 0 amide bonds. The molecule has 0 aliphatic heterocycles. The molecule has 0 unspecified atom stereocenters. The number of aryl methyl sites for hydroxylation is 1. The second kappa shape index (κ2) is 4.14. The third kappa shape index (κ3) is 1.69. The predicted molar refractivity (Wildman–Crippen MR) is 75.5 cm³/mol. The first-order chi connectivity index (χ1) is 8.66. The van der Waals surface area contributed by atoms with E-state index in [1.807, 2.05) is 48.0 Å². The van der Waals surface area contributed by atoms with Gasteiger partial charge >= 0.3 is 0 Å². The number of rotatable bonds is 1. The van der Waals surface area contributed by atoms with Crippen molar-refractivity contribution in [3.8, 4) is 17.1 Å². The molecule has 0 fully saturated rings. The normalized spacial score (nSPS) is 11.0. The van der Waals surface area contributed by atoms with Gasteiger partial charge in [0.15, 0.2) is 0 Å². The minimum Gasteiger partial charge on any atom is -0.507 e. The van der Waals surface area contributed by atoms with Crippen LogP contribution in [-0.2, 0) is 7.05 Å². The van der Waals surface area contributed by atoms with Crippen LogP contribution in [0.15, 0.2) is 46.9 Å². The van der Waals surface area contributed by atoms with E-state index in [9.17, 15) is 5.11 Å². The third-order valence-electron chi connectivity index (χ3n) is 2.99. The van der Waals surface area contributed by atoms with E-state index in [4.69, 9.17) is 0 Å². The van der Waals surface area contributed by atoms with Crippen molar-refractivity contribution in [2.45, 2.75) is 0 Å². The molecule has 1 aromatic heterocycles. The van der Waals surface area contributed by atoms with Crippen LogP contribution in [0.4, 0.5) is 0 Å². The van der Waals surface area contributed by atoms with E-state index in [2.05, 4.69) is 20.9 Å². The van der Waals surface area contributed by atoms with Gasteiger partial charge in [0.25, 0.3) is 0 Å². The molecule has 3 aromatic rings. The lowest BCUT2D eigenvalue weighted by atomic mass is 10.2. The van der Waals surface area contributed by atoms with E-state index >= 15 is 0 Å². The van der Waals surface area contributed by atoms with Crippen molar-refractivity contribution in [1.82, 2.24) is 9.55 Å². The Balaban J connectivity index is 2.25. The van der Waals surface area contributed by atoms with Gasteiger partial charge in [0, 0.05) is 12.6 Å². The van der Waals surface area contributed by atoms with Crippen LogP contribution >= 0.6 is 15.9 Å². The minimum absolute atomic E-state index is 0.222. The van der Waals surface area contributed by atoms with Crippen LogP contribution in [0.25, 0.3) is 22.4 Å². The summed E-state index contributed by atoms with van der Waals surface area (Å²) in [6.45, 7) is 0. The average Bonchev–Trinajstić information content (AvgIpc) is 2.71. The van der Waals surface area contributed by atoms with Crippen LogP contribution < -0.4 is 0 Å². The SMILES string of the molecule is Cn1c(-c2ccc(Br)c(O)c2)nc2ccccc21. The van der Waals surface area contributed by atoms with Crippen molar-refractivity contribution in [1.29, 1.82) is 0 Å². The third-order valence-corrected chi connectivity index (χ3v) is 3.66. The number of benzene rings is 2. The van der Waals surface area contributed by atoms with Gasteiger partial charge < -0.3 is 9.67 Å². The maximum absolute atomic E-state index is 9.74. The van der Waals surface area contributed by atoms with E-state index in [1.165, 1.54) is 0 Å². The Hall–Kier alpha value is -1.81.